The van der Waals surface area contributed by atoms with Gasteiger partial charge in [-0.3, -0.25) is 4.79 Å². The molecule has 1 atom stereocenters. The first-order valence-corrected chi connectivity index (χ1v) is 6.46. The van der Waals surface area contributed by atoms with E-state index in [4.69, 9.17) is 9.63 Å². The molecule has 1 aromatic rings. The topological polar surface area (TPSA) is 92.4 Å². The van der Waals surface area contributed by atoms with E-state index in [0.717, 1.165) is 12.8 Å². The molecule has 19 heavy (non-hydrogen) atoms. The van der Waals surface area contributed by atoms with Gasteiger partial charge in [0.05, 0.1) is 0 Å². The van der Waals surface area contributed by atoms with Crippen LogP contribution in [0.3, 0.4) is 0 Å². The number of aromatic nitrogens is 1. The van der Waals surface area contributed by atoms with Gasteiger partial charge in [-0.15, -0.1) is 0 Å². The van der Waals surface area contributed by atoms with Crippen molar-refractivity contribution in [1.82, 2.24) is 10.5 Å². The summed E-state index contributed by atoms with van der Waals surface area (Å²) in [5, 5.41) is 15.1. The van der Waals surface area contributed by atoms with Crippen LogP contribution in [0.2, 0.25) is 0 Å². The van der Waals surface area contributed by atoms with E-state index in [9.17, 15) is 9.59 Å². The second-order valence-corrected chi connectivity index (χ2v) is 4.78. The van der Waals surface area contributed by atoms with Crippen molar-refractivity contribution in [3.8, 4) is 0 Å². The maximum absolute atomic E-state index is 11.9. The van der Waals surface area contributed by atoms with Gasteiger partial charge in [0.25, 0.3) is 5.91 Å². The first-order valence-electron chi connectivity index (χ1n) is 6.46. The summed E-state index contributed by atoms with van der Waals surface area (Å²) < 4.78 is 5.01. The SMILES string of the molecule is CCCC[C@H](NC(=O)c1cc(C(C)C)on1)C(=O)O. The molecule has 2 N–H and O–H groups in total. The standard InChI is InChI=1S/C13H20N2O4/c1-4-5-6-9(13(17)18)14-12(16)10-7-11(8(2)3)19-15-10/h7-9H,4-6H2,1-3H3,(H,14,16)(H,17,18)/t9-/m0/s1. The highest BCUT2D eigenvalue weighted by molar-refractivity contribution is 5.94. The average Bonchev–Trinajstić information content (AvgIpc) is 2.83. The molecule has 0 bridgehead atoms. The summed E-state index contributed by atoms with van der Waals surface area (Å²) in [4.78, 5) is 22.9. The second kappa shape index (κ2) is 6.92. The van der Waals surface area contributed by atoms with Crippen molar-refractivity contribution < 1.29 is 19.2 Å². The van der Waals surface area contributed by atoms with Gasteiger partial charge >= 0.3 is 5.97 Å². The van der Waals surface area contributed by atoms with Crippen LogP contribution in [-0.2, 0) is 4.79 Å². The zero-order valence-corrected chi connectivity index (χ0v) is 11.5. The van der Waals surface area contributed by atoms with E-state index in [2.05, 4.69) is 10.5 Å². The number of hydrogen-bond donors (Lipinski definition) is 2. The Morgan fingerprint density at radius 1 is 1.47 bits per heavy atom. The minimum atomic E-state index is -1.03. The van der Waals surface area contributed by atoms with Gasteiger partial charge in [-0.05, 0) is 6.42 Å². The summed E-state index contributed by atoms with van der Waals surface area (Å²) in [6.07, 6.45) is 2.03. The molecule has 0 spiro atoms. The summed E-state index contributed by atoms with van der Waals surface area (Å²) in [6, 6.07) is 0.658. The fourth-order valence-electron chi connectivity index (χ4n) is 1.57. The van der Waals surface area contributed by atoms with Crippen LogP contribution in [0.1, 0.15) is 62.2 Å². The van der Waals surface area contributed by atoms with Gasteiger partial charge in [-0.2, -0.15) is 0 Å². The van der Waals surface area contributed by atoms with Crippen LogP contribution < -0.4 is 5.32 Å². The van der Waals surface area contributed by atoms with Gasteiger partial charge in [0.15, 0.2) is 5.69 Å². The summed E-state index contributed by atoms with van der Waals surface area (Å²) in [5.41, 5.74) is 0.117. The fourth-order valence-corrected chi connectivity index (χ4v) is 1.57. The van der Waals surface area contributed by atoms with Gasteiger partial charge in [-0.1, -0.05) is 38.8 Å². The third kappa shape index (κ3) is 4.39. The summed E-state index contributed by atoms with van der Waals surface area (Å²) in [5.74, 6) is -0.816. The first-order chi connectivity index (χ1) is 8.95. The number of rotatable bonds is 7. The number of carboxylic acids is 1. The van der Waals surface area contributed by atoms with Crippen LogP contribution in [0.4, 0.5) is 0 Å². The number of carbonyl (C=O) groups is 2. The Morgan fingerprint density at radius 2 is 2.16 bits per heavy atom. The molecule has 0 aromatic carbocycles. The number of aliphatic carboxylic acids is 1. The normalized spacial score (nSPS) is 12.4. The minimum absolute atomic E-state index is 0.117. The van der Waals surface area contributed by atoms with Gasteiger partial charge in [0.1, 0.15) is 11.8 Å². The molecule has 0 aliphatic rings. The molecule has 1 rings (SSSR count). The molecular formula is C13H20N2O4. The molecule has 0 unspecified atom stereocenters. The molecule has 0 saturated heterocycles. The lowest BCUT2D eigenvalue weighted by atomic mass is 10.1. The van der Waals surface area contributed by atoms with Crippen molar-refractivity contribution in [1.29, 1.82) is 0 Å². The zero-order valence-electron chi connectivity index (χ0n) is 11.5. The zero-order chi connectivity index (χ0) is 14.4. The Kier molecular flexibility index (Phi) is 5.54. The van der Waals surface area contributed by atoms with E-state index in [1.165, 1.54) is 0 Å². The lowest BCUT2D eigenvalue weighted by molar-refractivity contribution is -0.139. The van der Waals surface area contributed by atoms with Crippen molar-refractivity contribution in [3.63, 3.8) is 0 Å². The second-order valence-electron chi connectivity index (χ2n) is 4.78. The van der Waals surface area contributed by atoms with Crippen molar-refractivity contribution in [2.45, 2.75) is 52.0 Å². The first kappa shape index (κ1) is 15.2. The molecule has 106 valence electrons. The number of hydrogen-bond acceptors (Lipinski definition) is 4. The van der Waals surface area contributed by atoms with Crippen LogP contribution in [0.5, 0.6) is 0 Å². The van der Waals surface area contributed by atoms with E-state index in [1.54, 1.807) is 6.07 Å². The van der Waals surface area contributed by atoms with Crippen molar-refractivity contribution >= 4 is 11.9 Å². The van der Waals surface area contributed by atoms with Crippen molar-refractivity contribution in [3.05, 3.63) is 17.5 Å². The van der Waals surface area contributed by atoms with E-state index < -0.39 is 17.9 Å². The molecule has 0 aliphatic heterocycles. The number of nitrogens with one attached hydrogen (secondary N) is 1. The molecule has 0 fully saturated rings. The molecule has 6 heteroatoms. The Balaban J connectivity index is 2.67. The van der Waals surface area contributed by atoms with Crippen LogP contribution in [0, 0.1) is 0 Å². The molecule has 0 saturated carbocycles. The van der Waals surface area contributed by atoms with Crippen LogP contribution in [0.15, 0.2) is 10.6 Å². The largest absolute Gasteiger partial charge is 0.480 e. The van der Waals surface area contributed by atoms with Crippen molar-refractivity contribution in [2.75, 3.05) is 0 Å². The fraction of sp³-hybridized carbons (Fsp3) is 0.615. The highest BCUT2D eigenvalue weighted by Gasteiger charge is 2.22. The van der Waals surface area contributed by atoms with Gasteiger partial charge in [0, 0.05) is 12.0 Å². The van der Waals surface area contributed by atoms with Crippen LogP contribution >= 0.6 is 0 Å². The quantitative estimate of drug-likeness (QED) is 0.790. The van der Waals surface area contributed by atoms with E-state index in [1.807, 2.05) is 20.8 Å². The van der Waals surface area contributed by atoms with E-state index in [0.29, 0.717) is 12.2 Å². The Hall–Kier alpha value is -1.85. The number of nitrogens with zero attached hydrogens (tertiary/aromatic N) is 1. The molecule has 1 amide bonds. The third-order valence-electron chi connectivity index (χ3n) is 2.78. The number of carbonyl (C=O) groups excluding carboxylic acids is 1. The van der Waals surface area contributed by atoms with Gasteiger partial charge in [0.2, 0.25) is 0 Å². The maximum Gasteiger partial charge on any atom is 0.326 e. The Labute approximate surface area is 112 Å². The highest BCUT2D eigenvalue weighted by Crippen LogP contribution is 2.15. The third-order valence-corrected chi connectivity index (χ3v) is 2.78. The molecule has 1 aromatic heterocycles. The molecule has 6 nitrogen and oxygen atoms in total. The van der Waals surface area contributed by atoms with Gasteiger partial charge in [-0.25, -0.2) is 4.79 Å². The number of unbranched alkanes of at least 4 members (excludes halogenated alkanes) is 1. The average molecular weight is 268 g/mol. The number of carboxylic acid groups (broad SMARTS) is 1. The monoisotopic (exact) mass is 268 g/mol. The maximum atomic E-state index is 11.9. The highest BCUT2D eigenvalue weighted by atomic mass is 16.5. The molecule has 1 heterocycles. The minimum Gasteiger partial charge on any atom is -0.480 e. The molecular weight excluding hydrogens is 248 g/mol. The smallest absolute Gasteiger partial charge is 0.326 e. The molecule has 0 radical (unpaired) electrons. The summed E-state index contributed by atoms with van der Waals surface area (Å²) in [6.45, 7) is 5.81. The van der Waals surface area contributed by atoms with Crippen molar-refractivity contribution in [2.24, 2.45) is 0 Å². The Bertz CT molecular complexity index is 440. The number of amides is 1. The summed E-state index contributed by atoms with van der Waals surface area (Å²) in [7, 11) is 0. The van der Waals surface area contributed by atoms with Gasteiger partial charge < -0.3 is 14.9 Å². The van der Waals surface area contributed by atoms with Crippen LogP contribution in [0.25, 0.3) is 0 Å². The lowest BCUT2D eigenvalue weighted by Gasteiger charge is -2.12. The predicted molar refractivity (Wildman–Crippen MR) is 69.0 cm³/mol. The predicted octanol–water partition coefficient (Wildman–Crippen LogP) is 2.17. The van der Waals surface area contributed by atoms with Crippen LogP contribution in [-0.4, -0.2) is 28.2 Å². The summed E-state index contributed by atoms with van der Waals surface area (Å²) >= 11 is 0. The van der Waals surface area contributed by atoms with E-state index >= 15 is 0 Å². The van der Waals surface area contributed by atoms with E-state index in [-0.39, 0.29) is 11.6 Å². The Morgan fingerprint density at radius 3 is 2.63 bits per heavy atom. The lowest BCUT2D eigenvalue weighted by Crippen LogP contribution is -2.40. The molecule has 0 aliphatic carbocycles.